The topological polar surface area (TPSA) is 79.8 Å². The van der Waals surface area contributed by atoms with Gasteiger partial charge in [-0.25, -0.2) is 0 Å². The van der Waals surface area contributed by atoms with Crippen molar-refractivity contribution in [3.05, 3.63) is 57.1 Å². The highest BCUT2D eigenvalue weighted by atomic mass is 32.1. The first kappa shape index (κ1) is 23.2. The van der Waals surface area contributed by atoms with Crippen molar-refractivity contribution in [2.24, 2.45) is 0 Å². The molecule has 1 N–H and O–H groups in total. The Hall–Kier alpha value is -3.54. The van der Waals surface area contributed by atoms with Crippen LogP contribution in [0.2, 0.25) is 0 Å². The maximum atomic E-state index is 13.0. The van der Waals surface area contributed by atoms with Crippen molar-refractivity contribution in [2.75, 3.05) is 37.9 Å². The Labute approximate surface area is 202 Å². The molecule has 3 heterocycles. The summed E-state index contributed by atoms with van der Waals surface area (Å²) in [6.45, 7) is 1.75. The van der Waals surface area contributed by atoms with Gasteiger partial charge in [0, 0.05) is 50.9 Å². The van der Waals surface area contributed by atoms with E-state index in [1.165, 1.54) is 10.6 Å². The van der Waals surface area contributed by atoms with Crippen LogP contribution in [-0.4, -0.2) is 53.3 Å². The average Bonchev–Trinajstić information content (AvgIpc) is 3.30. The molecule has 0 bridgehead atoms. The van der Waals surface area contributed by atoms with E-state index in [9.17, 15) is 22.8 Å². The first-order chi connectivity index (χ1) is 16.7. The van der Waals surface area contributed by atoms with E-state index in [1.807, 2.05) is 4.90 Å². The quantitative estimate of drug-likeness (QED) is 0.546. The number of piperazine rings is 1. The van der Waals surface area contributed by atoms with Crippen molar-refractivity contribution >= 4 is 34.7 Å². The number of carbonyl (C=O) groups excluding carboxylic acids is 1. The Morgan fingerprint density at radius 3 is 2.49 bits per heavy atom. The van der Waals surface area contributed by atoms with E-state index in [0.717, 1.165) is 12.1 Å². The maximum Gasteiger partial charge on any atom is 0.416 e. The van der Waals surface area contributed by atoms with Crippen LogP contribution in [-0.2, 0) is 17.5 Å². The third-order valence-corrected chi connectivity index (χ3v) is 6.52. The molecule has 0 atom stereocenters. The Morgan fingerprint density at radius 2 is 1.77 bits per heavy atom. The van der Waals surface area contributed by atoms with E-state index in [2.05, 4.69) is 4.98 Å². The molecular formula is C23H21F3N4O4S. The normalized spacial score (nSPS) is 15.6. The second-order valence-electron chi connectivity index (χ2n) is 8.30. The molecule has 184 valence electrons. The Kier molecular flexibility index (Phi) is 5.91. The molecule has 5 rings (SSSR count). The monoisotopic (exact) mass is 506 g/mol. The van der Waals surface area contributed by atoms with E-state index in [1.54, 1.807) is 23.1 Å². The molecule has 1 aromatic heterocycles. The number of anilines is 1. The number of rotatable bonds is 4. The van der Waals surface area contributed by atoms with Crippen LogP contribution in [0, 0.1) is 4.77 Å². The molecule has 2 aromatic carbocycles. The molecule has 1 amide bonds. The number of aromatic amines is 1. The maximum absolute atomic E-state index is 13.0. The standard InChI is InChI=1S/C23H21F3N4O4S/c24-23(25,26)14-2-1-3-15(10-14)28-6-8-29(9-7-28)20(31)4-5-30-21(32)16-11-18-19(34-13-33-18)12-17(16)27-22(30)35/h1-3,10-12H,4-9,13H2,(H,27,35). The third kappa shape index (κ3) is 4.57. The number of H-pyrrole nitrogens is 1. The van der Waals surface area contributed by atoms with E-state index in [4.69, 9.17) is 21.7 Å². The zero-order chi connectivity index (χ0) is 24.7. The molecule has 35 heavy (non-hydrogen) atoms. The second kappa shape index (κ2) is 8.91. The van der Waals surface area contributed by atoms with Crippen LogP contribution in [0.25, 0.3) is 10.9 Å². The number of hydrogen-bond donors (Lipinski definition) is 1. The number of nitrogens with zero attached hydrogens (tertiary/aromatic N) is 3. The summed E-state index contributed by atoms with van der Waals surface area (Å²) in [5.74, 6) is 0.849. The molecule has 0 aliphatic carbocycles. The number of carbonyl (C=O) groups is 1. The fourth-order valence-electron chi connectivity index (χ4n) is 4.30. The van der Waals surface area contributed by atoms with Gasteiger partial charge in [-0.1, -0.05) is 6.07 Å². The lowest BCUT2D eigenvalue weighted by molar-refractivity contribution is -0.137. The number of hydrogen-bond acceptors (Lipinski definition) is 6. The molecular weight excluding hydrogens is 485 g/mol. The average molecular weight is 507 g/mol. The van der Waals surface area contributed by atoms with Gasteiger partial charge < -0.3 is 24.3 Å². The summed E-state index contributed by atoms with van der Waals surface area (Å²) in [7, 11) is 0. The summed E-state index contributed by atoms with van der Waals surface area (Å²) in [4.78, 5) is 32.3. The highest BCUT2D eigenvalue weighted by Crippen LogP contribution is 2.34. The lowest BCUT2D eigenvalue weighted by Crippen LogP contribution is -2.49. The number of ether oxygens (including phenoxy) is 2. The molecule has 8 nitrogen and oxygen atoms in total. The molecule has 1 fully saturated rings. The Bertz CT molecular complexity index is 1410. The highest BCUT2D eigenvalue weighted by molar-refractivity contribution is 7.71. The van der Waals surface area contributed by atoms with Crippen molar-refractivity contribution < 1.29 is 27.4 Å². The second-order valence-corrected chi connectivity index (χ2v) is 8.69. The fourth-order valence-corrected chi connectivity index (χ4v) is 4.59. The number of fused-ring (bicyclic) bond motifs is 2. The van der Waals surface area contributed by atoms with E-state index >= 15 is 0 Å². The molecule has 12 heteroatoms. The van der Waals surface area contributed by atoms with Crippen molar-refractivity contribution in [3.63, 3.8) is 0 Å². The Balaban J connectivity index is 1.24. The van der Waals surface area contributed by atoms with Crippen molar-refractivity contribution in [2.45, 2.75) is 19.1 Å². The van der Waals surface area contributed by atoms with Gasteiger partial charge in [-0.15, -0.1) is 0 Å². The Morgan fingerprint density at radius 1 is 1.06 bits per heavy atom. The first-order valence-electron chi connectivity index (χ1n) is 11.0. The summed E-state index contributed by atoms with van der Waals surface area (Å²) in [6, 6.07) is 8.43. The summed E-state index contributed by atoms with van der Waals surface area (Å²) >= 11 is 5.33. The predicted molar refractivity (Wildman–Crippen MR) is 124 cm³/mol. The minimum absolute atomic E-state index is 0.0665. The third-order valence-electron chi connectivity index (χ3n) is 6.20. The summed E-state index contributed by atoms with van der Waals surface area (Å²) in [5, 5.41) is 0.380. The van der Waals surface area contributed by atoms with Crippen molar-refractivity contribution in [1.82, 2.24) is 14.5 Å². The highest BCUT2D eigenvalue weighted by Gasteiger charge is 2.31. The van der Waals surface area contributed by atoms with Crippen LogP contribution in [0.15, 0.2) is 41.2 Å². The molecule has 1 saturated heterocycles. The van der Waals surface area contributed by atoms with Gasteiger partial charge in [0.05, 0.1) is 16.5 Å². The number of benzene rings is 2. The number of halogens is 3. The van der Waals surface area contributed by atoms with Crippen LogP contribution in [0.5, 0.6) is 11.5 Å². The summed E-state index contributed by atoms with van der Waals surface area (Å²) < 4.78 is 51.3. The summed E-state index contributed by atoms with van der Waals surface area (Å²) in [5.41, 5.74) is -0.0292. The van der Waals surface area contributed by atoms with Crippen LogP contribution in [0.4, 0.5) is 18.9 Å². The molecule has 0 spiro atoms. The number of amides is 1. The molecule has 2 aliphatic heterocycles. The van der Waals surface area contributed by atoms with Crippen LogP contribution >= 0.6 is 12.2 Å². The van der Waals surface area contributed by atoms with Gasteiger partial charge in [-0.3, -0.25) is 14.2 Å². The van der Waals surface area contributed by atoms with Gasteiger partial charge in [0.25, 0.3) is 5.56 Å². The molecule has 0 saturated carbocycles. The fraction of sp³-hybridized carbons (Fsp3) is 0.348. The SMILES string of the molecule is O=C(CCn1c(=S)[nH]c2cc3c(cc2c1=O)OCO3)N1CCN(c2cccc(C(F)(F)F)c2)CC1. The zero-order valence-corrected chi connectivity index (χ0v) is 19.2. The van der Waals surface area contributed by atoms with Gasteiger partial charge in [0.15, 0.2) is 16.3 Å². The number of alkyl halides is 3. The number of aromatic nitrogens is 2. The predicted octanol–water partition coefficient (Wildman–Crippen LogP) is 3.55. The van der Waals surface area contributed by atoms with Gasteiger partial charge in [-0.05, 0) is 36.5 Å². The zero-order valence-electron chi connectivity index (χ0n) is 18.4. The minimum Gasteiger partial charge on any atom is -0.454 e. The van der Waals surface area contributed by atoms with Gasteiger partial charge in [0.1, 0.15) is 0 Å². The van der Waals surface area contributed by atoms with Gasteiger partial charge in [0.2, 0.25) is 12.7 Å². The largest absolute Gasteiger partial charge is 0.454 e. The first-order valence-corrected chi connectivity index (χ1v) is 11.4. The van der Waals surface area contributed by atoms with Crippen LogP contribution in [0.3, 0.4) is 0 Å². The lowest BCUT2D eigenvalue weighted by Gasteiger charge is -2.36. The van der Waals surface area contributed by atoms with Crippen LogP contribution in [0.1, 0.15) is 12.0 Å². The van der Waals surface area contributed by atoms with Gasteiger partial charge in [-0.2, -0.15) is 13.2 Å². The van der Waals surface area contributed by atoms with Crippen molar-refractivity contribution in [1.29, 1.82) is 0 Å². The van der Waals surface area contributed by atoms with Crippen molar-refractivity contribution in [3.8, 4) is 11.5 Å². The smallest absolute Gasteiger partial charge is 0.416 e. The summed E-state index contributed by atoms with van der Waals surface area (Å²) in [6.07, 6.45) is -4.34. The van der Waals surface area contributed by atoms with E-state index < -0.39 is 11.7 Å². The van der Waals surface area contributed by atoms with Crippen LogP contribution < -0.4 is 19.9 Å². The molecule has 2 aliphatic rings. The van der Waals surface area contributed by atoms with E-state index in [-0.39, 0.29) is 36.0 Å². The molecule has 0 unspecified atom stereocenters. The lowest BCUT2D eigenvalue weighted by atomic mass is 10.1. The number of nitrogens with one attached hydrogen (secondary N) is 1. The molecule has 3 aromatic rings. The van der Waals surface area contributed by atoms with E-state index in [0.29, 0.717) is 54.3 Å². The minimum atomic E-state index is -4.41. The van der Waals surface area contributed by atoms with Gasteiger partial charge >= 0.3 is 6.18 Å². The molecule has 0 radical (unpaired) electrons.